The third-order valence-electron chi connectivity index (χ3n) is 4.51. The summed E-state index contributed by atoms with van der Waals surface area (Å²) >= 11 is 0. The lowest BCUT2D eigenvalue weighted by Crippen LogP contribution is -2.48. The third-order valence-corrected chi connectivity index (χ3v) is 4.51. The first-order chi connectivity index (χ1) is 10.6. The Bertz CT molecular complexity index is 551. The highest BCUT2D eigenvalue weighted by molar-refractivity contribution is 5.66. The Hall–Kier alpha value is -1.82. The predicted octanol–water partition coefficient (Wildman–Crippen LogP) is 3.02. The minimum absolute atomic E-state index is 0.00790. The summed E-state index contributed by atoms with van der Waals surface area (Å²) in [4.78, 5) is 12.8. The molecule has 120 valence electrons. The molecule has 3 rings (SSSR count). The van der Waals surface area contributed by atoms with Crippen LogP contribution in [0.4, 0.5) is 9.18 Å². The van der Waals surface area contributed by atoms with Crippen LogP contribution in [-0.4, -0.2) is 41.4 Å². The molecule has 0 aromatic heterocycles. The number of ether oxygens (including phenoxy) is 2. The number of nitrogens with zero attached hydrogens (tertiary/aromatic N) is 1. The molecular formula is C16H20FNO4. The van der Waals surface area contributed by atoms with Gasteiger partial charge in [0.1, 0.15) is 6.10 Å². The van der Waals surface area contributed by atoms with Gasteiger partial charge in [0.25, 0.3) is 0 Å². The Labute approximate surface area is 128 Å². The van der Waals surface area contributed by atoms with E-state index in [2.05, 4.69) is 0 Å². The summed E-state index contributed by atoms with van der Waals surface area (Å²) in [5.41, 5.74) is 0.852. The number of hydrogen-bond acceptors (Lipinski definition) is 3. The van der Waals surface area contributed by atoms with Crippen molar-refractivity contribution in [1.29, 1.82) is 0 Å². The number of carboxylic acid groups (broad SMARTS) is 1. The van der Waals surface area contributed by atoms with Gasteiger partial charge in [0.05, 0.1) is 6.61 Å². The zero-order valence-corrected chi connectivity index (χ0v) is 12.5. The van der Waals surface area contributed by atoms with Crippen LogP contribution in [0, 0.1) is 5.82 Å². The quantitative estimate of drug-likeness (QED) is 0.929. The van der Waals surface area contributed by atoms with E-state index in [-0.39, 0.29) is 23.9 Å². The monoisotopic (exact) mass is 309 g/mol. The Balaban J connectivity index is 1.70. The minimum Gasteiger partial charge on any atom is -0.487 e. The summed E-state index contributed by atoms with van der Waals surface area (Å²) < 4.78 is 24.8. The van der Waals surface area contributed by atoms with Crippen molar-refractivity contribution >= 4 is 6.09 Å². The molecule has 1 N–H and O–H groups in total. The maximum absolute atomic E-state index is 13.9. The van der Waals surface area contributed by atoms with Crippen molar-refractivity contribution in [2.24, 2.45) is 0 Å². The van der Waals surface area contributed by atoms with E-state index in [1.54, 1.807) is 19.2 Å². The van der Waals surface area contributed by atoms with Crippen LogP contribution in [0.2, 0.25) is 0 Å². The Morgan fingerprint density at radius 2 is 2.05 bits per heavy atom. The van der Waals surface area contributed by atoms with Gasteiger partial charge >= 0.3 is 6.09 Å². The van der Waals surface area contributed by atoms with Gasteiger partial charge in [-0.25, -0.2) is 9.18 Å². The standard InChI is InChI=1S/C16H20FNO4/c1-21-9-10-2-5-14(17)15(6-10)22-13-7-11-3-4-12(8-13)18(11)16(19)20/h2,5-6,11-13H,3-4,7-9H2,1H3,(H,19,20)/t11-,12+,13?. The zero-order chi connectivity index (χ0) is 15.7. The van der Waals surface area contributed by atoms with Gasteiger partial charge in [0.15, 0.2) is 11.6 Å². The van der Waals surface area contributed by atoms with Crippen molar-refractivity contribution in [3.63, 3.8) is 0 Å². The van der Waals surface area contributed by atoms with E-state index in [0.717, 1.165) is 18.4 Å². The van der Waals surface area contributed by atoms with E-state index < -0.39 is 11.9 Å². The first-order valence-corrected chi connectivity index (χ1v) is 7.53. The highest BCUT2D eigenvalue weighted by Crippen LogP contribution is 2.37. The van der Waals surface area contributed by atoms with Crippen LogP contribution in [0.3, 0.4) is 0 Å². The molecule has 2 fully saturated rings. The number of piperidine rings is 1. The molecule has 22 heavy (non-hydrogen) atoms. The van der Waals surface area contributed by atoms with Gasteiger partial charge in [-0.05, 0) is 30.5 Å². The van der Waals surface area contributed by atoms with Gasteiger partial charge in [-0.15, -0.1) is 0 Å². The van der Waals surface area contributed by atoms with E-state index in [0.29, 0.717) is 19.4 Å². The number of rotatable bonds is 4. The largest absolute Gasteiger partial charge is 0.487 e. The van der Waals surface area contributed by atoms with Crippen LogP contribution in [0.25, 0.3) is 0 Å². The zero-order valence-electron chi connectivity index (χ0n) is 12.5. The molecule has 1 amide bonds. The second-order valence-corrected chi connectivity index (χ2v) is 5.98. The van der Waals surface area contributed by atoms with E-state index in [4.69, 9.17) is 9.47 Å². The number of amides is 1. The SMILES string of the molecule is COCc1ccc(F)c(OC2C[C@H]3CC[C@@H](C2)N3C(=O)O)c1. The van der Waals surface area contributed by atoms with Crippen molar-refractivity contribution < 1.29 is 23.8 Å². The number of fused-ring (bicyclic) bond motifs is 2. The van der Waals surface area contributed by atoms with Crippen molar-refractivity contribution in [3.05, 3.63) is 29.6 Å². The third kappa shape index (κ3) is 2.88. The van der Waals surface area contributed by atoms with Crippen LogP contribution in [0.5, 0.6) is 5.75 Å². The van der Waals surface area contributed by atoms with Crippen LogP contribution in [0.1, 0.15) is 31.2 Å². The molecule has 0 spiro atoms. The number of hydrogen-bond donors (Lipinski definition) is 1. The average molecular weight is 309 g/mol. The predicted molar refractivity (Wildman–Crippen MR) is 77.4 cm³/mol. The van der Waals surface area contributed by atoms with Crippen LogP contribution in [0.15, 0.2) is 18.2 Å². The summed E-state index contributed by atoms with van der Waals surface area (Å²) in [6.07, 6.45) is 1.97. The second-order valence-electron chi connectivity index (χ2n) is 5.98. The number of methoxy groups -OCH3 is 1. The van der Waals surface area contributed by atoms with E-state index in [1.165, 1.54) is 11.0 Å². The molecule has 2 bridgehead atoms. The molecular weight excluding hydrogens is 289 g/mol. The molecule has 0 aliphatic carbocycles. The van der Waals surface area contributed by atoms with Gasteiger partial charge in [-0.1, -0.05) is 6.07 Å². The summed E-state index contributed by atoms with van der Waals surface area (Å²) in [7, 11) is 1.59. The number of benzene rings is 1. The molecule has 1 aromatic rings. The lowest BCUT2D eigenvalue weighted by molar-refractivity contribution is 0.0478. The molecule has 2 saturated heterocycles. The maximum atomic E-state index is 13.9. The Morgan fingerprint density at radius 1 is 1.36 bits per heavy atom. The maximum Gasteiger partial charge on any atom is 0.407 e. The highest BCUT2D eigenvalue weighted by Gasteiger charge is 2.44. The Morgan fingerprint density at radius 3 is 2.64 bits per heavy atom. The lowest BCUT2D eigenvalue weighted by Gasteiger charge is -2.37. The molecule has 1 unspecified atom stereocenters. The average Bonchev–Trinajstić information content (AvgIpc) is 2.75. The van der Waals surface area contributed by atoms with Gasteiger partial charge < -0.3 is 19.5 Å². The molecule has 3 atom stereocenters. The van der Waals surface area contributed by atoms with Gasteiger partial charge in [-0.2, -0.15) is 0 Å². The molecule has 2 aliphatic heterocycles. The minimum atomic E-state index is -0.862. The van der Waals surface area contributed by atoms with Crippen LogP contribution in [-0.2, 0) is 11.3 Å². The Kier molecular flexibility index (Phi) is 4.20. The fraction of sp³-hybridized carbons (Fsp3) is 0.562. The van der Waals surface area contributed by atoms with Crippen molar-refractivity contribution in [1.82, 2.24) is 4.90 Å². The summed E-state index contributed by atoms with van der Waals surface area (Å²) in [5.74, 6) is -0.171. The van der Waals surface area contributed by atoms with E-state index >= 15 is 0 Å². The molecule has 0 saturated carbocycles. The topological polar surface area (TPSA) is 59.0 Å². The summed E-state index contributed by atoms with van der Waals surface area (Å²) in [6, 6.07) is 4.69. The summed E-state index contributed by atoms with van der Waals surface area (Å²) in [6.45, 7) is 0.402. The van der Waals surface area contributed by atoms with Gasteiger partial charge in [0.2, 0.25) is 0 Å². The smallest absolute Gasteiger partial charge is 0.407 e. The first kappa shape index (κ1) is 15.1. The number of halogens is 1. The molecule has 5 nitrogen and oxygen atoms in total. The van der Waals surface area contributed by atoms with Crippen molar-refractivity contribution in [2.75, 3.05) is 7.11 Å². The fourth-order valence-corrected chi connectivity index (χ4v) is 3.61. The first-order valence-electron chi connectivity index (χ1n) is 7.53. The van der Waals surface area contributed by atoms with Gasteiger partial charge in [-0.3, -0.25) is 0 Å². The molecule has 0 radical (unpaired) electrons. The van der Waals surface area contributed by atoms with Crippen molar-refractivity contribution in [2.45, 2.75) is 50.5 Å². The van der Waals surface area contributed by atoms with Crippen LogP contribution < -0.4 is 4.74 Å². The molecule has 1 aromatic carbocycles. The fourth-order valence-electron chi connectivity index (χ4n) is 3.61. The van der Waals surface area contributed by atoms with E-state index in [9.17, 15) is 14.3 Å². The summed E-state index contributed by atoms with van der Waals surface area (Å²) in [5, 5.41) is 9.25. The van der Waals surface area contributed by atoms with Gasteiger partial charge in [0, 0.05) is 32.0 Å². The second kappa shape index (κ2) is 6.12. The van der Waals surface area contributed by atoms with E-state index in [1.807, 2.05) is 0 Å². The highest BCUT2D eigenvalue weighted by atomic mass is 19.1. The normalized spacial score (nSPS) is 27.0. The lowest BCUT2D eigenvalue weighted by atomic mass is 10.00. The molecule has 6 heteroatoms. The van der Waals surface area contributed by atoms with Crippen molar-refractivity contribution in [3.8, 4) is 5.75 Å². The van der Waals surface area contributed by atoms with Crippen LogP contribution >= 0.6 is 0 Å². The number of carbonyl (C=O) groups is 1. The molecule has 2 heterocycles. The molecule has 2 aliphatic rings.